The number of aliphatic carboxylic acids is 1. The van der Waals surface area contributed by atoms with E-state index in [0.29, 0.717) is 21.3 Å². The van der Waals surface area contributed by atoms with E-state index in [1.807, 2.05) is 0 Å². The minimum Gasteiger partial charge on any atom is -0.479 e. The molecule has 0 saturated heterocycles. The van der Waals surface area contributed by atoms with E-state index in [4.69, 9.17) is 23.2 Å². The Morgan fingerprint density at radius 2 is 1.85 bits per heavy atom. The van der Waals surface area contributed by atoms with Crippen LogP contribution in [0.2, 0.25) is 10.0 Å². The van der Waals surface area contributed by atoms with E-state index >= 15 is 0 Å². The first-order chi connectivity index (χ1) is 12.5. The molecule has 2 aromatic carbocycles. The summed E-state index contributed by atoms with van der Waals surface area (Å²) in [7, 11) is 0. The normalized spacial score (nSPS) is 11.8. The molecule has 0 bridgehead atoms. The fourth-order valence-corrected chi connectivity index (χ4v) is 2.88. The fraction of sp³-hybridized carbons (Fsp3) is 0.0556. The molecule has 3 rings (SSSR count). The van der Waals surface area contributed by atoms with Crippen molar-refractivity contribution < 1.29 is 14.7 Å². The third-order valence-corrected chi connectivity index (χ3v) is 4.19. The lowest BCUT2D eigenvalue weighted by Crippen LogP contribution is -2.33. The molecule has 26 heavy (non-hydrogen) atoms. The second kappa shape index (κ2) is 7.59. The number of halogens is 2. The molecule has 0 fully saturated rings. The molecule has 1 aromatic heterocycles. The maximum absolute atomic E-state index is 12.4. The number of carbonyl (C=O) groups excluding carboxylic acids is 1. The second-order valence-corrected chi connectivity index (χ2v) is 6.27. The summed E-state index contributed by atoms with van der Waals surface area (Å²) >= 11 is 12.0. The molecule has 1 heterocycles. The maximum Gasteiger partial charge on any atom is 0.330 e. The van der Waals surface area contributed by atoms with Gasteiger partial charge in [-0.3, -0.25) is 4.79 Å². The Morgan fingerprint density at radius 3 is 2.50 bits per heavy atom. The van der Waals surface area contributed by atoms with Crippen LogP contribution in [0.3, 0.4) is 0 Å². The molecule has 0 spiro atoms. The third-order valence-electron chi connectivity index (χ3n) is 3.66. The number of nitrogens with zero attached hydrogens (tertiary/aromatic N) is 2. The maximum atomic E-state index is 12.4. The highest BCUT2D eigenvalue weighted by Gasteiger charge is 2.23. The molecule has 0 aliphatic heterocycles. The highest BCUT2D eigenvalue weighted by molar-refractivity contribution is 6.35. The number of carboxylic acid groups (broad SMARTS) is 1. The van der Waals surface area contributed by atoms with Crippen LogP contribution < -0.4 is 5.32 Å². The number of aromatic nitrogens is 2. The molecule has 8 heteroatoms. The number of hydrogen-bond donors (Lipinski definition) is 2. The number of nitrogens with one attached hydrogen (secondary N) is 1. The van der Waals surface area contributed by atoms with Crippen molar-refractivity contribution in [3.63, 3.8) is 0 Å². The van der Waals surface area contributed by atoms with Crippen LogP contribution in [0, 0.1) is 0 Å². The summed E-state index contributed by atoms with van der Waals surface area (Å²) < 4.78 is 1.42. The van der Waals surface area contributed by atoms with Gasteiger partial charge >= 0.3 is 5.97 Å². The first-order valence-electron chi connectivity index (χ1n) is 7.54. The molecule has 0 aliphatic rings. The lowest BCUT2D eigenvalue weighted by atomic mass is 10.1. The molecule has 0 saturated carbocycles. The van der Waals surface area contributed by atoms with Crippen LogP contribution >= 0.6 is 23.2 Å². The van der Waals surface area contributed by atoms with Crippen molar-refractivity contribution >= 4 is 35.1 Å². The molecule has 0 radical (unpaired) electrons. The molecule has 1 unspecified atom stereocenters. The fourth-order valence-electron chi connectivity index (χ4n) is 2.39. The van der Waals surface area contributed by atoms with Crippen LogP contribution in [0.15, 0.2) is 60.9 Å². The standard InChI is InChI=1S/C18H13Cl2N3O3/c19-13-6-7-15(14(20)8-13)23-10-12(9-21-23)17(24)22-16(18(25)26)11-4-2-1-3-5-11/h1-10,16H,(H,22,24)(H,25,26). The first-order valence-corrected chi connectivity index (χ1v) is 8.30. The topological polar surface area (TPSA) is 84.2 Å². The summed E-state index contributed by atoms with van der Waals surface area (Å²) in [6, 6.07) is 12.2. The Hall–Kier alpha value is -2.83. The highest BCUT2D eigenvalue weighted by Crippen LogP contribution is 2.24. The summed E-state index contributed by atoms with van der Waals surface area (Å²) in [6.45, 7) is 0. The molecular weight excluding hydrogens is 377 g/mol. The lowest BCUT2D eigenvalue weighted by Gasteiger charge is -2.14. The number of carbonyl (C=O) groups is 2. The van der Waals surface area contributed by atoms with E-state index in [-0.39, 0.29) is 5.56 Å². The number of benzene rings is 2. The van der Waals surface area contributed by atoms with Crippen molar-refractivity contribution in [3.8, 4) is 5.69 Å². The van der Waals surface area contributed by atoms with Crippen LogP contribution in [-0.2, 0) is 4.79 Å². The number of hydrogen-bond acceptors (Lipinski definition) is 3. The van der Waals surface area contributed by atoms with Gasteiger partial charge in [0, 0.05) is 11.2 Å². The van der Waals surface area contributed by atoms with Gasteiger partial charge in [0.2, 0.25) is 0 Å². The Kier molecular flexibility index (Phi) is 5.25. The van der Waals surface area contributed by atoms with Gasteiger partial charge in [-0.05, 0) is 23.8 Å². The van der Waals surface area contributed by atoms with Gasteiger partial charge in [-0.15, -0.1) is 0 Å². The highest BCUT2D eigenvalue weighted by atomic mass is 35.5. The summed E-state index contributed by atoms with van der Waals surface area (Å²) in [5.41, 5.74) is 1.23. The van der Waals surface area contributed by atoms with E-state index < -0.39 is 17.9 Å². The zero-order valence-corrected chi connectivity index (χ0v) is 14.8. The number of carboxylic acids is 1. The van der Waals surface area contributed by atoms with Crippen LogP contribution in [0.4, 0.5) is 0 Å². The third kappa shape index (κ3) is 3.87. The molecular formula is C18H13Cl2N3O3. The predicted octanol–water partition coefficient (Wildman–Crippen LogP) is 3.73. The zero-order chi connectivity index (χ0) is 18.7. The van der Waals surface area contributed by atoms with Crippen LogP contribution in [0.25, 0.3) is 5.69 Å². The Labute approximate surface area is 159 Å². The first kappa shape index (κ1) is 18.0. The largest absolute Gasteiger partial charge is 0.479 e. The molecule has 132 valence electrons. The minimum absolute atomic E-state index is 0.207. The van der Waals surface area contributed by atoms with E-state index in [0.717, 1.165) is 0 Å². The zero-order valence-electron chi connectivity index (χ0n) is 13.3. The average Bonchev–Trinajstić information content (AvgIpc) is 3.10. The number of amides is 1. The summed E-state index contributed by atoms with van der Waals surface area (Å²) in [4.78, 5) is 23.9. The van der Waals surface area contributed by atoms with Crippen LogP contribution in [0.5, 0.6) is 0 Å². The van der Waals surface area contributed by atoms with Crippen molar-refractivity contribution in [1.82, 2.24) is 15.1 Å². The Balaban J connectivity index is 1.82. The van der Waals surface area contributed by atoms with Gasteiger partial charge in [-0.1, -0.05) is 53.5 Å². The van der Waals surface area contributed by atoms with Gasteiger partial charge in [0.25, 0.3) is 5.91 Å². The van der Waals surface area contributed by atoms with E-state index in [9.17, 15) is 14.7 Å². The van der Waals surface area contributed by atoms with Crippen molar-refractivity contribution in [2.45, 2.75) is 6.04 Å². The van der Waals surface area contributed by atoms with Crippen molar-refractivity contribution in [2.24, 2.45) is 0 Å². The summed E-state index contributed by atoms with van der Waals surface area (Å²) in [6.07, 6.45) is 2.80. The molecule has 1 atom stereocenters. The average molecular weight is 390 g/mol. The Bertz CT molecular complexity index is 957. The minimum atomic E-state index is -1.16. The number of rotatable bonds is 5. The van der Waals surface area contributed by atoms with Gasteiger partial charge in [0.1, 0.15) is 0 Å². The van der Waals surface area contributed by atoms with E-state index in [2.05, 4.69) is 10.4 Å². The molecule has 2 N–H and O–H groups in total. The summed E-state index contributed by atoms with van der Waals surface area (Å²) in [5.74, 6) is -1.71. The molecule has 1 amide bonds. The van der Waals surface area contributed by atoms with E-state index in [1.54, 1.807) is 48.5 Å². The van der Waals surface area contributed by atoms with E-state index in [1.165, 1.54) is 17.1 Å². The van der Waals surface area contributed by atoms with Crippen molar-refractivity contribution in [1.29, 1.82) is 0 Å². The smallest absolute Gasteiger partial charge is 0.330 e. The van der Waals surface area contributed by atoms with Gasteiger partial charge in [0.05, 0.1) is 22.5 Å². The van der Waals surface area contributed by atoms with Gasteiger partial charge < -0.3 is 10.4 Å². The van der Waals surface area contributed by atoms with Crippen molar-refractivity contribution in [3.05, 3.63) is 82.1 Å². The second-order valence-electron chi connectivity index (χ2n) is 5.42. The Morgan fingerprint density at radius 1 is 1.12 bits per heavy atom. The lowest BCUT2D eigenvalue weighted by molar-refractivity contribution is -0.139. The quantitative estimate of drug-likeness (QED) is 0.695. The van der Waals surface area contributed by atoms with Gasteiger partial charge in [0.15, 0.2) is 6.04 Å². The SMILES string of the molecule is O=C(NC(C(=O)O)c1ccccc1)c1cnn(-c2ccc(Cl)cc2Cl)c1. The molecule has 3 aromatic rings. The monoisotopic (exact) mass is 389 g/mol. The molecule has 6 nitrogen and oxygen atoms in total. The van der Waals surface area contributed by atoms with Gasteiger partial charge in [-0.2, -0.15) is 5.10 Å². The van der Waals surface area contributed by atoms with Crippen molar-refractivity contribution in [2.75, 3.05) is 0 Å². The predicted molar refractivity (Wildman–Crippen MR) is 97.9 cm³/mol. The van der Waals surface area contributed by atoms with Crippen LogP contribution in [0.1, 0.15) is 22.0 Å². The van der Waals surface area contributed by atoms with Gasteiger partial charge in [-0.25, -0.2) is 9.48 Å². The summed E-state index contributed by atoms with van der Waals surface area (Å²) in [5, 5.41) is 16.9. The molecule has 0 aliphatic carbocycles. The van der Waals surface area contributed by atoms with Crippen LogP contribution in [-0.4, -0.2) is 26.8 Å².